The number of esters is 1. The second-order valence-electron chi connectivity index (χ2n) is 3.38. The monoisotopic (exact) mass is 232 g/mol. The van der Waals surface area contributed by atoms with E-state index in [9.17, 15) is 9.59 Å². The first kappa shape index (κ1) is 14.5. The minimum atomic E-state index is -0.168. The van der Waals surface area contributed by atoms with Crippen molar-refractivity contribution in [3.8, 4) is 0 Å². The van der Waals surface area contributed by atoms with Crippen molar-refractivity contribution < 1.29 is 14.3 Å². The molecule has 0 aliphatic rings. The summed E-state index contributed by atoms with van der Waals surface area (Å²) in [7, 11) is 0. The van der Waals surface area contributed by atoms with Gasteiger partial charge in [0.2, 0.25) is 0 Å². The molecule has 3 nitrogen and oxygen atoms in total. The van der Waals surface area contributed by atoms with Gasteiger partial charge in [-0.1, -0.05) is 32.0 Å². The van der Waals surface area contributed by atoms with Crippen LogP contribution in [0.15, 0.2) is 0 Å². The molecule has 0 amide bonds. The van der Waals surface area contributed by atoms with Crippen LogP contribution < -0.4 is 0 Å². The van der Waals surface area contributed by atoms with Gasteiger partial charge in [0.25, 0.3) is 0 Å². The van der Waals surface area contributed by atoms with Crippen molar-refractivity contribution in [2.24, 2.45) is 0 Å². The highest BCUT2D eigenvalue weighted by molar-refractivity contribution is 8.14. The Hall–Kier alpha value is -0.510. The molecule has 15 heavy (non-hydrogen) atoms. The predicted molar refractivity (Wildman–Crippen MR) is 62.8 cm³/mol. The van der Waals surface area contributed by atoms with Gasteiger partial charge in [0.15, 0.2) is 5.12 Å². The van der Waals surface area contributed by atoms with Crippen LogP contribution in [0.2, 0.25) is 0 Å². The van der Waals surface area contributed by atoms with Crippen molar-refractivity contribution in [3.63, 3.8) is 0 Å². The van der Waals surface area contributed by atoms with Crippen molar-refractivity contribution in [1.82, 2.24) is 0 Å². The molecule has 0 aliphatic carbocycles. The Bertz CT molecular complexity index is 204. The van der Waals surface area contributed by atoms with Gasteiger partial charge in [-0.25, -0.2) is 0 Å². The van der Waals surface area contributed by atoms with Crippen LogP contribution in [-0.2, 0) is 14.3 Å². The smallest absolute Gasteiger partial charge is 0.305 e. The Morgan fingerprint density at radius 1 is 1.27 bits per heavy atom. The summed E-state index contributed by atoms with van der Waals surface area (Å²) in [6.45, 7) is 5.87. The summed E-state index contributed by atoms with van der Waals surface area (Å²) in [5.41, 5.74) is 0. The van der Waals surface area contributed by atoms with Crippen LogP contribution >= 0.6 is 11.8 Å². The molecule has 0 heterocycles. The Labute approximate surface area is 95.9 Å². The lowest BCUT2D eigenvalue weighted by atomic mass is 10.2. The molecule has 0 aromatic rings. The summed E-state index contributed by atoms with van der Waals surface area (Å²) in [4.78, 5) is 21.8. The molecule has 0 N–H and O–H groups in total. The van der Waals surface area contributed by atoms with E-state index in [1.807, 2.05) is 0 Å². The van der Waals surface area contributed by atoms with Crippen LogP contribution in [0.25, 0.3) is 0 Å². The van der Waals surface area contributed by atoms with Gasteiger partial charge in [-0.3, -0.25) is 9.59 Å². The van der Waals surface area contributed by atoms with Crippen LogP contribution in [-0.4, -0.2) is 22.9 Å². The molecule has 88 valence electrons. The van der Waals surface area contributed by atoms with Crippen molar-refractivity contribution in [1.29, 1.82) is 0 Å². The number of ether oxygens (including phenoxy) is 1. The average molecular weight is 232 g/mol. The van der Waals surface area contributed by atoms with Crippen LogP contribution in [0.4, 0.5) is 0 Å². The lowest BCUT2D eigenvalue weighted by Crippen LogP contribution is -2.12. The van der Waals surface area contributed by atoms with Gasteiger partial charge < -0.3 is 4.74 Å². The van der Waals surface area contributed by atoms with Gasteiger partial charge in [-0.15, -0.1) is 0 Å². The van der Waals surface area contributed by atoms with E-state index < -0.39 is 0 Å². The fourth-order valence-electron chi connectivity index (χ4n) is 1.23. The van der Waals surface area contributed by atoms with E-state index in [1.165, 1.54) is 11.8 Å². The molecule has 0 aliphatic heterocycles. The topological polar surface area (TPSA) is 43.4 Å². The molecule has 1 unspecified atom stereocenters. The first-order valence-electron chi connectivity index (χ1n) is 5.43. The number of rotatable bonds is 7. The molecule has 0 bridgehead atoms. The van der Waals surface area contributed by atoms with Crippen molar-refractivity contribution in [3.05, 3.63) is 0 Å². The maximum atomic E-state index is 10.9. The highest BCUT2D eigenvalue weighted by Gasteiger charge is 2.11. The number of hydrogen-bond donors (Lipinski definition) is 0. The largest absolute Gasteiger partial charge is 0.466 e. The molecular weight excluding hydrogens is 212 g/mol. The normalized spacial score (nSPS) is 12.2. The van der Waals surface area contributed by atoms with Gasteiger partial charge in [0.1, 0.15) is 0 Å². The summed E-state index contributed by atoms with van der Waals surface area (Å²) >= 11 is 1.35. The molecule has 0 rings (SSSR count). The number of carbonyl (C=O) groups excluding carboxylic acids is 2. The van der Waals surface area contributed by atoms with Gasteiger partial charge >= 0.3 is 5.97 Å². The fourth-order valence-corrected chi connectivity index (χ4v) is 2.26. The summed E-state index contributed by atoms with van der Waals surface area (Å²) in [6, 6.07) is 0. The van der Waals surface area contributed by atoms with Crippen LogP contribution in [0.1, 0.15) is 46.5 Å². The zero-order chi connectivity index (χ0) is 11.7. The Balaban J connectivity index is 3.74. The lowest BCUT2D eigenvalue weighted by Gasteiger charge is -2.13. The number of hydrogen-bond acceptors (Lipinski definition) is 4. The zero-order valence-electron chi connectivity index (χ0n) is 9.75. The van der Waals surface area contributed by atoms with Crippen molar-refractivity contribution in [2.45, 2.75) is 51.7 Å². The summed E-state index contributed by atoms with van der Waals surface area (Å²) in [6.07, 6.45) is 3.22. The van der Waals surface area contributed by atoms with E-state index >= 15 is 0 Å². The lowest BCUT2D eigenvalue weighted by molar-refractivity contribution is -0.143. The van der Waals surface area contributed by atoms with Crippen LogP contribution in [0.3, 0.4) is 0 Å². The van der Waals surface area contributed by atoms with E-state index in [0.717, 1.165) is 19.3 Å². The van der Waals surface area contributed by atoms with E-state index in [1.54, 1.807) is 13.8 Å². The molecule has 0 spiro atoms. The molecule has 0 aromatic carbocycles. The molecule has 4 heteroatoms. The van der Waals surface area contributed by atoms with E-state index in [2.05, 4.69) is 6.92 Å². The first-order chi connectivity index (χ1) is 7.10. The second kappa shape index (κ2) is 8.77. The zero-order valence-corrected chi connectivity index (χ0v) is 10.6. The number of carbonyl (C=O) groups is 2. The number of thioether (sulfide) groups is 1. The minimum Gasteiger partial charge on any atom is -0.466 e. The third-order valence-electron chi connectivity index (χ3n) is 1.93. The standard InChI is InChI=1S/C11H20O3S/c1-4-6-10(15-9(3)12)7-8-14-11(13)5-2/h10H,4-8H2,1-3H3. The fraction of sp³-hybridized carbons (Fsp3) is 0.818. The third kappa shape index (κ3) is 8.48. The van der Waals surface area contributed by atoms with Crippen LogP contribution in [0, 0.1) is 0 Å². The maximum absolute atomic E-state index is 10.9. The highest BCUT2D eigenvalue weighted by Crippen LogP contribution is 2.20. The van der Waals surface area contributed by atoms with Crippen LogP contribution in [0.5, 0.6) is 0 Å². The summed E-state index contributed by atoms with van der Waals surface area (Å²) < 4.78 is 4.99. The maximum Gasteiger partial charge on any atom is 0.305 e. The second-order valence-corrected chi connectivity index (χ2v) is 4.86. The molecule has 0 saturated heterocycles. The van der Waals surface area contributed by atoms with Crippen molar-refractivity contribution >= 4 is 22.8 Å². The molecule has 0 saturated carbocycles. The quantitative estimate of drug-likeness (QED) is 0.633. The molecule has 0 radical (unpaired) electrons. The highest BCUT2D eigenvalue weighted by atomic mass is 32.2. The van der Waals surface area contributed by atoms with E-state index in [-0.39, 0.29) is 16.3 Å². The Kier molecular flexibility index (Phi) is 8.47. The first-order valence-corrected chi connectivity index (χ1v) is 6.30. The Morgan fingerprint density at radius 3 is 2.40 bits per heavy atom. The molecule has 0 fully saturated rings. The minimum absolute atomic E-state index is 0.135. The van der Waals surface area contributed by atoms with E-state index in [0.29, 0.717) is 13.0 Å². The Morgan fingerprint density at radius 2 is 1.93 bits per heavy atom. The average Bonchev–Trinajstić information content (AvgIpc) is 2.16. The van der Waals surface area contributed by atoms with Gasteiger partial charge in [0.05, 0.1) is 6.61 Å². The molecular formula is C11H20O3S. The summed E-state index contributed by atoms with van der Waals surface area (Å²) in [5, 5.41) is 0.424. The predicted octanol–water partition coefficient (Wildman–Crippen LogP) is 2.78. The van der Waals surface area contributed by atoms with E-state index in [4.69, 9.17) is 4.74 Å². The molecule has 0 aromatic heterocycles. The van der Waals surface area contributed by atoms with Crippen molar-refractivity contribution in [2.75, 3.05) is 6.61 Å². The van der Waals surface area contributed by atoms with Gasteiger partial charge in [-0.2, -0.15) is 0 Å². The third-order valence-corrected chi connectivity index (χ3v) is 3.07. The molecule has 1 atom stereocenters. The van der Waals surface area contributed by atoms with Gasteiger partial charge in [0, 0.05) is 18.6 Å². The SMILES string of the molecule is CCCC(CCOC(=O)CC)SC(C)=O. The van der Waals surface area contributed by atoms with Gasteiger partial charge in [-0.05, 0) is 12.8 Å². The summed E-state index contributed by atoms with van der Waals surface area (Å²) in [5.74, 6) is -0.168.